The molecule has 8 heteroatoms. The molecule has 3 aromatic rings. The fourth-order valence-electron chi connectivity index (χ4n) is 4.08. The Balaban J connectivity index is 1.48. The maximum Gasteiger partial charge on any atom is 0.355 e. The number of aromatic amines is 1. The lowest BCUT2D eigenvalue weighted by Crippen LogP contribution is -2.34. The molecule has 1 aliphatic rings. The summed E-state index contributed by atoms with van der Waals surface area (Å²) < 4.78 is 30.6. The van der Waals surface area contributed by atoms with Crippen LogP contribution in [0.2, 0.25) is 0 Å². The van der Waals surface area contributed by atoms with Crippen molar-refractivity contribution >= 4 is 38.4 Å². The van der Waals surface area contributed by atoms with Gasteiger partial charge in [-0.2, -0.15) is 0 Å². The van der Waals surface area contributed by atoms with Crippen molar-refractivity contribution in [3.63, 3.8) is 0 Å². The number of ketones is 1. The fourth-order valence-corrected chi connectivity index (χ4v) is 5.08. The first-order valence-corrected chi connectivity index (χ1v) is 11.9. The van der Waals surface area contributed by atoms with Gasteiger partial charge in [-0.05, 0) is 73.7 Å². The Morgan fingerprint density at radius 1 is 1.13 bits per heavy atom. The number of aromatic nitrogens is 1. The maximum absolute atomic E-state index is 12.6. The number of benzene rings is 2. The van der Waals surface area contributed by atoms with Crippen LogP contribution in [0.4, 0.5) is 5.69 Å². The van der Waals surface area contributed by atoms with Crippen LogP contribution in [0.25, 0.3) is 10.9 Å². The zero-order chi connectivity index (χ0) is 22.3. The van der Waals surface area contributed by atoms with E-state index in [4.69, 9.17) is 4.74 Å². The van der Waals surface area contributed by atoms with Crippen LogP contribution in [0, 0.1) is 13.8 Å². The lowest BCUT2D eigenvalue weighted by Gasteiger charge is -2.29. The molecule has 1 aliphatic heterocycles. The number of carbonyl (C=O) groups is 2. The zero-order valence-corrected chi connectivity index (χ0v) is 18.5. The Kier molecular flexibility index (Phi) is 5.35. The molecule has 0 unspecified atom stereocenters. The number of fused-ring (bicyclic) bond motifs is 2. The summed E-state index contributed by atoms with van der Waals surface area (Å²) in [5.41, 5.74) is 5.08. The molecule has 0 atom stereocenters. The van der Waals surface area contributed by atoms with E-state index in [9.17, 15) is 18.0 Å². The molecule has 1 aromatic heterocycles. The Morgan fingerprint density at radius 2 is 1.90 bits per heavy atom. The summed E-state index contributed by atoms with van der Waals surface area (Å²) >= 11 is 0. The largest absolute Gasteiger partial charge is 0.453 e. The molecule has 2 heterocycles. The number of hydrogen-bond donors (Lipinski definition) is 1. The molecule has 7 nitrogen and oxygen atoms in total. The summed E-state index contributed by atoms with van der Waals surface area (Å²) in [5, 5.41) is 0.939. The minimum Gasteiger partial charge on any atom is -0.453 e. The highest BCUT2D eigenvalue weighted by Crippen LogP contribution is 2.30. The SMILES string of the molecule is Cc1cc(C)c2cc(C(=O)OCC(=O)c3ccc4c(c3)CCCN4S(C)(=O)=O)[nH]c2c1. The lowest BCUT2D eigenvalue weighted by atomic mass is 9.99. The van der Waals surface area contributed by atoms with Gasteiger partial charge in [0.15, 0.2) is 12.4 Å². The van der Waals surface area contributed by atoms with Gasteiger partial charge >= 0.3 is 5.97 Å². The minimum absolute atomic E-state index is 0.297. The van der Waals surface area contributed by atoms with Crippen LogP contribution < -0.4 is 4.31 Å². The van der Waals surface area contributed by atoms with Crippen LogP contribution in [-0.2, 0) is 21.2 Å². The highest BCUT2D eigenvalue weighted by atomic mass is 32.2. The first-order chi connectivity index (χ1) is 14.6. The number of H-pyrrole nitrogens is 1. The zero-order valence-electron chi connectivity index (χ0n) is 17.7. The van der Waals surface area contributed by atoms with Crippen molar-refractivity contribution < 1.29 is 22.7 Å². The molecule has 0 aliphatic carbocycles. The molecule has 31 heavy (non-hydrogen) atoms. The molecule has 4 rings (SSSR count). The Morgan fingerprint density at radius 3 is 2.65 bits per heavy atom. The number of nitrogens with one attached hydrogen (secondary N) is 1. The van der Waals surface area contributed by atoms with Gasteiger partial charge in [-0.3, -0.25) is 9.10 Å². The molecule has 0 radical (unpaired) electrons. The van der Waals surface area contributed by atoms with Gasteiger partial charge in [0.2, 0.25) is 10.0 Å². The minimum atomic E-state index is -3.37. The van der Waals surface area contributed by atoms with Crippen molar-refractivity contribution in [1.82, 2.24) is 4.98 Å². The number of aryl methyl sites for hydroxylation is 3. The number of anilines is 1. The number of esters is 1. The number of carbonyl (C=O) groups excluding carboxylic acids is 2. The molecule has 0 amide bonds. The van der Waals surface area contributed by atoms with Gasteiger partial charge in [0.05, 0.1) is 11.9 Å². The summed E-state index contributed by atoms with van der Waals surface area (Å²) in [7, 11) is -3.37. The van der Waals surface area contributed by atoms with Crippen LogP contribution >= 0.6 is 0 Å². The van der Waals surface area contributed by atoms with E-state index in [0.717, 1.165) is 27.6 Å². The third-order valence-corrected chi connectivity index (χ3v) is 6.70. The number of Topliss-reactive ketones (excluding diaryl/α,β-unsaturated/α-hetero) is 1. The Labute approximate surface area is 181 Å². The second-order valence-electron chi connectivity index (χ2n) is 8.01. The average molecular weight is 441 g/mol. The van der Waals surface area contributed by atoms with Crippen LogP contribution in [0.5, 0.6) is 0 Å². The molecule has 2 aromatic carbocycles. The van der Waals surface area contributed by atoms with Crippen molar-refractivity contribution in [1.29, 1.82) is 0 Å². The third kappa shape index (κ3) is 4.20. The first-order valence-electron chi connectivity index (χ1n) is 10.0. The summed E-state index contributed by atoms with van der Waals surface area (Å²) in [5.74, 6) is -0.932. The normalized spacial score (nSPS) is 13.8. The van der Waals surface area contributed by atoms with E-state index in [1.807, 2.05) is 26.0 Å². The standard InChI is InChI=1S/C23H24N2O5S/c1-14-9-15(2)18-12-20(24-19(18)10-14)23(27)30-13-22(26)17-6-7-21-16(11-17)5-4-8-25(21)31(3,28)29/h6-7,9-12,24H,4-5,8,13H2,1-3H3. The van der Waals surface area contributed by atoms with Gasteiger partial charge in [-0.25, -0.2) is 13.2 Å². The van der Waals surface area contributed by atoms with E-state index >= 15 is 0 Å². The molecule has 0 bridgehead atoms. The Bertz CT molecular complexity index is 1310. The Hall–Kier alpha value is -3.13. The summed E-state index contributed by atoms with van der Waals surface area (Å²) in [6.45, 7) is 4.00. The molecule has 162 valence electrons. The van der Waals surface area contributed by atoms with Gasteiger partial charge in [-0.15, -0.1) is 0 Å². The molecule has 0 saturated heterocycles. The highest BCUT2D eigenvalue weighted by Gasteiger charge is 2.25. The molecule has 0 spiro atoms. The van der Waals surface area contributed by atoms with E-state index in [0.29, 0.717) is 36.3 Å². The summed E-state index contributed by atoms with van der Waals surface area (Å²) in [6.07, 6.45) is 2.55. The molecular formula is C23H24N2O5S. The fraction of sp³-hybridized carbons (Fsp3) is 0.304. The van der Waals surface area contributed by atoms with Crippen molar-refractivity contribution in [2.45, 2.75) is 26.7 Å². The lowest BCUT2D eigenvalue weighted by molar-refractivity contribution is 0.0470. The van der Waals surface area contributed by atoms with Crippen LogP contribution in [-0.4, -0.2) is 44.6 Å². The van der Waals surface area contributed by atoms with E-state index in [-0.39, 0.29) is 12.4 Å². The molecule has 0 fully saturated rings. The second-order valence-corrected chi connectivity index (χ2v) is 9.91. The van der Waals surface area contributed by atoms with Gasteiger partial charge in [0.1, 0.15) is 5.69 Å². The predicted octanol–water partition coefficient (Wildman–Crippen LogP) is 3.54. The number of hydrogen-bond acceptors (Lipinski definition) is 5. The second kappa shape index (κ2) is 7.85. The van der Waals surface area contributed by atoms with E-state index < -0.39 is 16.0 Å². The van der Waals surface area contributed by atoms with Crippen LogP contribution in [0.1, 0.15) is 44.0 Å². The average Bonchev–Trinajstić information content (AvgIpc) is 3.14. The molecular weight excluding hydrogens is 416 g/mol. The van der Waals surface area contributed by atoms with Gasteiger partial charge in [0.25, 0.3) is 0 Å². The van der Waals surface area contributed by atoms with E-state index in [2.05, 4.69) is 4.98 Å². The van der Waals surface area contributed by atoms with E-state index in [1.54, 1.807) is 24.3 Å². The van der Waals surface area contributed by atoms with Crippen molar-refractivity contribution in [3.05, 3.63) is 64.3 Å². The van der Waals surface area contributed by atoms with Crippen molar-refractivity contribution in [3.8, 4) is 0 Å². The monoisotopic (exact) mass is 440 g/mol. The maximum atomic E-state index is 12.6. The van der Waals surface area contributed by atoms with Gasteiger partial charge < -0.3 is 9.72 Å². The van der Waals surface area contributed by atoms with Crippen LogP contribution in [0.3, 0.4) is 0 Å². The van der Waals surface area contributed by atoms with Gasteiger partial charge in [-0.1, -0.05) is 6.07 Å². The van der Waals surface area contributed by atoms with Crippen LogP contribution in [0.15, 0.2) is 36.4 Å². The third-order valence-electron chi connectivity index (χ3n) is 5.52. The number of nitrogens with zero attached hydrogens (tertiary/aromatic N) is 1. The quantitative estimate of drug-likeness (QED) is 0.484. The first kappa shape index (κ1) is 21.1. The molecule has 0 saturated carbocycles. The highest BCUT2D eigenvalue weighted by molar-refractivity contribution is 7.92. The molecule has 1 N–H and O–H groups in total. The van der Waals surface area contributed by atoms with Crippen molar-refractivity contribution in [2.75, 3.05) is 23.7 Å². The smallest absolute Gasteiger partial charge is 0.355 e. The summed E-state index contributed by atoms with van der Waals surface area (Å²) in [6, 6.07) is 10.6. The van der Waals surface area contributed by atoms with E-state index in [1.165, 1.54) is 10.6 Å². The van der Waals surface area contributed by atoms with Crippen molar-refractivity contribution in [2.24, 2.45) is 0 Å². The predicted molar refractivity (Wildman–Crippen MR) is 119 cm³/mol. The summed E-state index contributed by atoms with van der Waals surface area (Å²) in [4.78, 5) is 28.1. The number of rotatable bonds is 5. The number of ether oxygens (including phenoxy) is 1. The topological polar surface area (TPSA) is 96.5 Å². The van der Waals surface area contributed by atoms with Gasteiger partial charge in [0, 0.05) is 23.0 Å². The number of sulfonamides is 1.